The van der Waals surface area contributed by atoms with Crippen molar-refractivity contribution >= 4 is 37.2 Å². The Hall–Kier alpha value is -2.90. The Morgan fingerprint density at radius 3 is 2.42 bits per heavy atom. The highest BCUT2D eigenvalue weighted by molar-refractivity contribution is 7.91. The second-order valence-corrected chi connectivity index (χ2v) is 9.93. The monoisotopic (exact) mass is 434 g/mol. The highest BCUT2D eigenvalue weighted by atomic mass is 32.2. The average molecular weight is 435 g/mol. The minimum atomic E-state index is -3.80. The van der Waals surface area contributed by atoms with Crippen LogP contribution in [0.3, 0.4) is 0 Å². The number of aromatic nitrogens is 2. The molecule has 0 amide bonds. The first-order valence-corrected chi connectivity index (χ1v) is 12.1. The van der Waals surface area contributed by atoms with Crippen LogP contribution in [0.1, 0.15) is 6.92 Å². The topological polar surface area (TPSA) is 58.4 Å². The molecule has 1 saturated heterocycles. The number of rotatable bonds is 4. The van der Waals surface area contributed by atoms with E-state index < -0.39 is 9.84 Å². The summed E-state index contributed by atoms with van der Waals surface area (Å²) in [5.41, 5.74) is 1.89. The molecule has 0 spiro atoms. The Balaban J connectivity index is 1.69. The van der Waals surface area contributed by atoms with Gasteiger partial charge in [-0.1, -0.05) is 36.4 Å². The van der Waals surface area contributed by atoms with Crippen LogP contribution in [0.25, 0.3) is 21.7 Å². The first-order valence-electron chi connectivity index (χ1n) is 10.7. The number of piperazine rings is 1. The summed E-state index contributed by atoms with van der Waals surface area (Å²) in [4.78, 5) is 4.93. The SMILES string of the molecule is CCn1nc(S(=O)(=O)c2cccc3ccccc23)c2cc(N3CCN(C)CC3)ccc21. The number of benzene rings is 3. The highest BCUT2D eigenvalue weighted by Crippen LogP contribution is 2.34. The average Bonchev–Trinajstić information content (AvgIpc) is 3.18. The minimum absolute atomic E-state index is 0.136. The molecule has 4 aromatic rings. The van der Waals surface area contributed by atoms with Gasteiger partial charge in [0.25, 0.3) is 0 Å². The summed E-state index contributed by atoms with van der Waals surface area (Å²) < 4.78 is 29.4. The van der Waals surface area contributed by atoms with Gasteiger partial charge in [-0.15, -0.1) is 0 Å². The number of nitrogens with zero attached hydrogens (tertiary/aromatic N) is 4. The van der Waals surface area contributed by atoms with Gasteiger partial charge in [0.15, 0.2) is 5.03 Å². The molecule has 160 valence electrons. The van der Waals surface area contributed by atoms with E-state index in [0.717, 1.165) is 48.2 Å². The van der Waals surface area contributed by atoms with Gasteiger partial charge in [0, 0.05) is 49.2 Å². The zero-order valence-corrected chi connectivity index (χ0v) is 18.6. The molecule has 1 aromatic heterocycles. The molecule has 7 heteroatoms. The van der Waals surface area contributed by atoms with E-state index in [2.05, 4.69) is 28.0 Å². The van der Waals surface area contributed by atoms with E-state index in [-0.39, 0.29) is 5.03 Å². The Bertz CT molecular complexity index is 1360. The van der Waals surface area contributed by atoms with Gasteiger partial charge in [0.05, 0.1) is 10.4 Å². The smallest absolute Gasteiger partial charge is 0.226 e. The first-order chi connectivity index (χ1) is 15.0. The normalized spacial score (nSPS) is 15.7. The summed E-state index contributed by atoms with van der Waals surface area (Å²) in [6.45, 7) is 6.43. The second-order valence-electron chi connectivity index (χ2n) is 8.09. The molecule has 0 bridgehead atoms. The van der Waals surface area contributed by atoms with Gasteiger partial charge in [0.2, 0.25) is 9.84 Å². The van der Waals surface area contributed by atoms with E-state index in [1.807, 2.05) is 49.4 Å². The molecule has 3 aromatic carbocycles. The van der Waals surface area contributed by atoms with Crippen LogP contribution in [-0.2, 0) is 16.4 Å². The van der Waals surface area contributed by atoms with Crippen LogP contribution in [0.2, 0.25) is 0 Å². The second kappa shape index (κ2) is 7.66. The van der Waals surface area contributed by atoms with Gasteiger partial charge in [0.1, 0.15) is 0 Å². The molecule has 0 aliphatic carbocycles. The Kier molecular flexibility index (Phi) is 4.95. The molecule has 1 aliphatic rings. The van der Waals surface area contributed by atoms with Gasteiger partial charge >= 0.3 is 0 Å². The predicted octanol–water partition coefficient (Wildman–Crippen LogP) is 3.79. The number of anilines is 1. The molecule has 2 heterocycles. The lowest BCUT2D eigenvalue weighted by molar-refractivity contribution is 0.313. The molecule has 0 saturated carbocycles. The summed E-state index contributed by atoms with van der Waals surface area (Å²) in [5, 5.41) is 7.01. The Morgan fingerprint density at radius 1 is 0.903 bits per heavy atom. The molecular weight excluding hydrogens is 408 g/mol. The van der Waals surface area contributed by atoms with Crippen LogP contribution in [0.15, 0.2) is 70.6 Å². The molecule has 0 atom stereocenters. The van der Waals surface area contributed by atoms with E-state index in [1.54, 1.807) is 16.8 Å². The quantitative estimate of drug-likeness (QED) is 0.489. The van der Waals surface area contributed by atoms with Crippen molar-refractivity contribution in [1.29, 1.82) is 0 Å². The molecule has 31 heavy (non-hydrogen) atoms. The van der Waals surface area contributed by atoms with Crippen molar-refractivity contribution < 1.29 is 8.42 Å². The summed E-state index contributed by atoms with van der Waals surface area (Å²) in [5.74, 6) is 0. The van der Waals surface area contributed by atoms with E-state index in [9.17, 15) is 8.42 Å². The number of likely N-dealkylation sites (N-methyl/N-ethyl adjacent to an activating group) is 1. The summed E-state index contributed by atoms with van der Waals surface area (Å²) >= 11 is 0. The molecule has 1 aliphatic heterocycles. The van der Waals surface area contributed by atoms with Gasteiger partial charge in [-0.25, -0.2) is 8.42 Å². The molecule has 1 fully saturated rings. The van der Waals surface area contributed by atoms with Crippen LogP contribution in [-0.4, -0.2) is 56.3 Å². The summed E-state index contributed by atoms with van der Waals surface area (Å²) in [6, 6.07) is 19.1. The van der Waals surface area contributed by atoms with Gasteiger partial charge in [-0.05, 0) is 43.6 Å². The largest absolute Gasteiger partial charge is 0.369 e. The van der Waals surface area contributed by atoms with E-state index in [1.165, 1.54) is 0 Å². The van der Waals surface area contributed by atoms with E-state index >= 15 is 0 Å². The van der Waals surface area contributed by atoms with Crippen LogP contribution >= 0.6 is 0 Å². The van der Waals surface area contributed by atoms with E-state index in [4.69, 9.17) is 0 Å². The van der Waals surface area contributed by atoms with Crippen molar-refractivity contribution in [3.05, 3.63) is 60.7 Å². The predicted molar refractivity (Wildman–Crippen MR) is 125 cm³/mol. The molecule has 5 rings (SSSR count). The van der Waals surface area contributed by atoms with Crippen molar-refractivity contribution in [2.24, 2.45) is 0 Å². The Morgan fingerprint density at radius 2 is 1.65 bits per heavy atom. The fraction of sp³-hybridized carbons (Fsp3) is 0.292. The van der Waals surface area contributed by atoms with Crippen LogP contribution in [0.5, 0.6) is 0 Å². The first kappa shape index (κ1) is 20.0. The third kappa shape index (κ3) is 3.38. The number of fused-ring (bicyclic) bond motifs is 2. The number of sulfone groups is 1. The summed E-state index contributed by atoms with van der Waals surface area (Å²) in [7, 11) is -1.67. The zero-order valence-electron chi connectivity index (χ0n) is 17.8. The molecule has 0 unspecified atom stereocenters. The minimum Gasteiger partial charge on any atom is -0.369 e. The standard InChI is InChI=1S/C24H26N4O2S/c1-3-28-22-12-11-19(27-15-13-26(2)14-16-27)17-21(22)24(25-28)31(29,30)23-10-6-8-18-7-4-5-9-20(18)23/h4-12,17H,3,13-16H2,1-2H3. The third-order valence-electron chi connectivity index (χ3n) is 6.16. The maximum Gasteiger partial charge on any atom is 0.226 e. The molecule has 0 radical (unpaired) electrons. The van der Waals surface area contributed by atoms with Crippen molar-refractivity contribution in [3.8, 4) is 0 Å². The van der Waals surface area contributed by atoms with Crippen molar-refractivity contribution in [3.63, 3.8) is 0 Å². The maximum absolute atomic E-state index is 13.8. The van der Waals surface area contributed by atoms with E-state index in [0.29, 0.717) is 16.8 Å². The third-order valence-corrected chi connectivity index (χ3v) is 7.91. The lowest BCUT2D eigenvalue weighted by atomic mass is 10.1. The lowest BCUT2D eigenvalue weighted by Gasteiger charge is -2.34. The fourth-order valence-corrected chi connectivity index (χ4v) is 5.97. The van der Waals surface area contributed by atoms with Crippen LogP contribution < -0.4 is 4.90 Å². The Labute approximate surface area is 182 Å². The lowest BCUT2D eigenvalue weighted by Crippen LogP contribution is -2.44. The van der Waals surface area contributed by atoms with Gasteiger partial charge in [-0.2, -0.15) is 5.10 Å². The maximum atomic E-state index is 13.8. The molecule has 0 N–H and O–H groups in total. The van der Waals surface area contributed by atoms with Crippen molar-refractivity contribution in [2.75, 3.05) is 38.1 Å². The van der Waals surface area contributed by atoms with Crippen LogP contribution in [0, 0.1) is 0 Å². The number of aryl methyl sites for hydroxylation is 1. The summed E-state index contributed by atoms with van der Waals surface area (Å²) in [6.07, 6.45) is 0. The van der Waals surface area contributed by atoms with Crippen molar-refractivity contribution in [1.82, 2.24) is 14.7 Å². The number of hydrogen-bond acceptors (Lipinski definition) is 5. The molecule has 6 nitrogen and oxygen atoms in total. The van der Waals surface area contributed by atoms with Crippen molar-refractivity contribution in [2.45, 2.75) is 23.4 Å². The zero-order chi connectivity index (χ0) is 21.6. The fourth-order valence-electron chi connectivity index (χ4n) is 4.37. The molecular formula is C24H26N4O2S. The van der Waals surface area contributed by atoms with Gasteiger partial charge in [-0.3, -0.25) is 4.68 Å². The van der Waals surface area contributed by atoms with Gasteiger partial charge < -0.3 is 9.80 Å². The van der Waals surface area contributed by atoms with Crippen LogP contribution in [0.4, 0.5) is 5.69 Å². The number of hydrogen-bond donors (Lipinski definition) is 0. The highest BCUT2D eigenvalue weighted by Gasteiger charge is 2.27.